The Balaban J connectivity index is 1.19. The maximum absolute atomic E-state index is 5.80. The summed E-state index contributed by atoms with van der Waals surface area (Å²) in [6, 6.07) is 27.3. The molecule has 0 saturated carbocycles. The molecular formula is C29H23N4O3. The average Bonchev–Trinajstić information content (AvgIpc) is 2.94. The first-order valence-electron chi connectivity index (χ1n) is 11.5. The number of aryl methyl sites for hydroxylation is 1. The van der Waals surface area contributed by atoms with E-state index in [1.54, 1.807) is 30.6 Å². The summed E-state index contributed by atoms with van der Waals surface area (Å²) in [5, 5.41) is 0. The first kappa shape index (κ1) is 23.0. The zero-order valence-corrected chi connectivity index (χ0v) is 19.7. The van der Waals surface area contributed by atoms with Crippen LogP contribution in [0.15, 0.2) is 97.3 Å². The minimum Gasteiger partial charge on any atom is -0.489 e. The molecule has 0 saturated heterocycles. The van der Waals surface area contributed by atoms with Crippen molar-refractivity contribution in [2.75, 3.05) is 0 Å². The Morgan fingerprint density at radius 1 is 0.694 bits per heavy atom. The van der Waals surface area contributed by atoms with Crippen molar-refractivity contribution >= 4 is 0 Å². The largest absolute Gasteiger partial charge is 0.489 e. The van der Waals surface area contributed by atoms with Crippen LogP contribution < -0.4 is 14.2 Å². The molecule has 177 valence electrons. The van der Waals surface area contributed by atoms with Crippen LogP contribution in [0.25, 0.3) is 11.3 Å². The number of aromatic nitrogens is 4. The van der Waals surface area contributed by atoms with Crippen LogP contribution in [0.4, 0.5) is 0 Å². The van der Waals surface area contributed by atoms with Gasteiger partial charge < -0.3 is 14.2 Å². The number of rotatable bonds is 9. The van der Waals surface area contributed by atoms with Crippen molar-refractivity contribution in [1.82, 2.24) is 19.9 Å². The highest BCUT2D eigenvalue weighted by Gasteiger charge is 2.08. The Labute approximate surface area is 209 Å². The topological polar surface area (TPSA) is 79.3 Å². The summed E-state index contributed by atoms with van der Waals surface area (Å²) >= 11 is 0. The third-order valence-corrected chi connectivity index (χ3v) is 5.31. The summed E-state index contributed by atoms with van der Waals surface area (Å²) in [4.78, 5) is 17.1. The first-order chi connectivity index (χ1) is 17.7. The van der Waals surface area contributed by atoms with Gasteiger partial charge in [0.15, 0.2) is 0 Å². The van der Waals surface area contributed by atoms with E-state index in [1.165, 1.54) is 5.56 Å². The van der Waals surface area contributed by atoms with Crippen molar-refractivity contribution < 1.29 is 14.2 Å². The molecule has 0 aliphatic heterocycles. The van der Waals surface area contributed by atoms with Gasteiger partial charge in [-0.25, -0.2) is 9.97 Å². The minimum atomic E-state index is 0.179. The van der Waals surface area contributed by atoms with Crippen molar-refractivity contribution in [2.24, 2.45) is 0 Å². The van der Waals surface area contributed by atoms with E-state index in [0.29, 0.717) is 29.4 Å². The van der Waals surface area contributed by atoms with Gasteiger partial charge in [0, 0.05) is 18.0 Å². The fourth-order valence-electron chi connectivity index (χ4n) is 3.35. The van der Waals surface area contributed by atoms with Gasteiger partial charge in [-0.15, -0.1) is 0 Å². The number of hydrogen-bond donors (Lipinski definition) is 0. The third kappa shape index (κ3) is 6.01. The quantitative estimate of drug-likeness (QED) is 0.242. The van der Waals surface area contributed by atoms with E-state index in [1.807, 2.05) is 66.7 Å². The molecule has 0 N–H and O–H groups in total. The van der Waals surface area contributed by atoms with Crippen LogP contribution in [0.2, 0.25) is 0 Å². The normalized spacial score (nSPS) is 10.6. The molecule has 5 aromatic rings. The molecular weight excluding hydrogens is 452 g/mol. The van der Waals surface area contributed by atoms with Gasteiger partial charge in [0.05, 0.1) is 5.69 Å². The number of hydrogen-bond acceptors (Lipinski definition) is 7. The van der Waals surface area contributed by atoms with Gasteiger partial charge in [0.2, 0.25) is 0 Å². The standard InChI is InChI=1S/C29H23N4O3/c1-2-21-8-10-25(11-9-21)36-29-30-17-16-27(33-29)23-18-31-28(32-19-23)35-26-14-12-24(13-15-26)34-20-22-6-4-3-5-7-22/h3-18H,2,20H2,1H3. The molecule has 5 rings (SSSR count). The maximum Gasteiger partial charge on any atom is 0.322 e. The molecule has 1 radical (unpaired) electrons. The second-order valence-electron chi connectivity index (χ2n) is 7.85. The Morgan fingerprint density at radius 2 is 1.39 bits per heavy atom. The van der Waals surface area contributed by atoms with Gasteiger partial charge in [0.25, 0.3) is 0 Å². The summed E-state index contributed by atoms with van der Waals surface area (Å²) in [6.07, 6.45) is 7.11. The number of benzene rings is 3. The fraction of sp³-hybridized carbons (Fsp3) is 0.103. The van der Waals surface area contributed by atoms with E-state index in [2.05, 4.69) is 33.1 Å². The maximum atomic E-state index is 5.80. The average molecular weight is 476 g/mol. The zero-order valence-electron chi connectivity index (χ0n) is 19.7. The monoisotopic (exact) mass is 475 g/mol. The van der Waals surface area contributed by atoms with Crippen molar-refractivity contribution in [1.29, 1.82) is 0 Å². The Kier molecular flexibility index (Phi) is 7.09. The van der Waals surface area contributed by atoms with E-state index in [-0.39, 0.29) is 12.0 Å². The molecule has 0 amide bonds. The molecule has 0 spiro atoms. The Hall–Kier alpha value is -4.78. The Morgan fingerprint density at radius 3 is 2.08 bits per heavy atom. The zero-order chi connectivity index (χ0) is 24.6. The molecule has 0 bridgehead atoms. The van der Waals surface area contributed by atoms with Crippen LogP contribution in [0.3, 0.4) is 0 Å². The fourth-order valence-corrected chi connectivity index (χ4v) is 3.35. The molecule has 0 atom stereocenters. The van der Waals surface area contributed by atoms with Crippen LogP contribution >= 0.6 is 0 Å². The van der Waals surface area contributed by atoms with Crippen LogP contribution in [-0.2, 0) is 13.0 Å². The number of nitrogens with zero attached hydrogens (tertiary/aromatic N) is 4. The lowest BCUT2D eigenvalue weighted by molar-refractivity contribution is 0.305. The van der Waals surface area contributed by atoms with Crippen LogP contribution in [0, 0.1) is 6.20 Å². The van der Waals surface area contributed by atoms with Crippen LogP contribution in [-0.4, -0.2) is 19.9 Å². The van der Waals surface area contributed by atoms with Gasteiger partial charge in [-0.05, 0) is 60.0 Å². The molecule has 0 aliphatic carbocycles. The van der Waals surface area contributed by atoms with Gasteiger partial charge in [-0.2, -0.15) is 9.97 Å². The second-order valence-corrected chi connectivity index (χ2v) is 7.85. The highest BCUT2D eigenvalue weighted by molar-refractivity contribution is 5.56. The molecule has 7 heteroatoms. The summed E-state index contributed by atoms with van der Waals surface area (Å²) in [7, 11) is 0. The van der Waals surface area contributed by atoms with Crippen molar-refractivity contribution in [3.8, 4) is 40.5 Å². The molecule has 2 aromatic heterocycles. The molecule has 0 unspecified atom stereocenters. The van der Waals surface area contributed by atoms with Crippen molar-refractivity contribution in [2.45, 2.75) is 20.0 Å². The summed E-state index contributed by atoms with van der Waals surface area (Å²) in [6.45, 7) is 2.61. The van der Waals surface area contributed by atoms with Gasteiger partial charge in [-0.3, -0.25) is 0 Å². The second kappa shape index (κ2) is 11.1. The summed E-state index contributed by atoms with van der Waals surface area (Å²) in [5.74, 6) is 2.01. The SMILES string of the molecule is CCc1ccc(Oc2nccc(-c3[c]nc(Oc4ccc(OCc5ccccc5)cc4)nc3)n2)cc1. The predicted molar refractivity (Wildman–Crippen MR) is 135 cm³/mol. The lowest BCUT2D eigenvalue weighted by Crippen LogP contribution is -1.97. The molecule has 2 heterocycles. The van der Waals surface area contributed by atoms with E-state index in [9.17, 15) is 0 Å². The molecule has 0 fully saturated rings. The van der Waals surface area contributed by atoms with E-state index < -0.39 is 0 Å². The van der Waals surface area contributed by atoms with Gasteiger partial charge in [-0.1, -0.05) is 49.4 Å². The lowest BCUT2D eigenvalue weighted by Gasteiger charge is -2.08. The Bertz CT molecular complexity index is 1390. The smallest absolute Gasteiger partial charge is 0.322 e. The summed E-state index contributed by atoms with van der Waals surface area (Å²) in [5.41, 5.74) is 3.53. The third-order valence-electron chi connectivity index (χ3n) is 5.31. The van der Waals surface area contributed by atoms with Gasteiger partial charge in [0.1, 0.15) is 30.1 Å². The van der Waals surface area contributed by atoms with Crippen molar-refractivity contribution in [3.63, 3.8) is 0 Å². The van der Waals surface area contributed by atoms with E-state index in [0.717, 1.165) is 17.7 Å². The van der Waals surface area contributed by atoms with E-state index in [4.69, 9.17) is 14.2 Å². The molecule has 0 aliphatic rings. The van der Waals surface area contributed by atoms with E-state index >= 15 is 0 Å². The summed E-state index contributed by atoms with van der Waals surface area (Å²) < 4.78 is 17.3. The highest BCUT2D eigenvalue weighted by atomic mass is 16.5. The predicted octanol–water partition coefficient (Wildman–Crippen LogP) is 6.46. The molecule has 7 nitrogen and oxygen atoms in total. The molecule has 36 heavy (non-hydrogen) atoms. The van der Waals surface area contributed by atoms with Crippen LogP contribution in [0.5, 0.6) is 29.3 Å². The van der Waals surface area contributed by atoms with Crippen molar-refractivity contribution in [3.05, 3.63) is 115 Å². The minimum absolute atomic E-state index is 0.179. The first-order valence-corrected chi connectivity index (χ1v) is 11.5. The molecule has 3 aromatic carbocycles. The highest BCUT2D eigenvalue weighted by Crippen LogP contribution is 2.24. The van der Waals surface area contributed by atoms with Gasteiger partial charge >= 0.3 is 12.0 Å². The number of ether oxygens (including phenoxy) is 3. The van der Waals surface area contributed by atoms with Crippen LogP contribution in [0.1, 0.15) is 18.1 Å². The lowest BCUT2D eigenvalue weighted by atomic mass is 10.2.